The first-order valence-corrected chi connectivity index (χ1v) is 12.9. The topological polar surface area (TPSA) is 29.5 Å². The van der Waals surface area contributed by atoms with Gasteiger partial charge in [-0.25, -0.2) is 0 Å². The van der Waals surface area contributed by atoms with E-state index in [0.29, 0.717) is 5.92 Å². The molecule has 2 heterocycles. The molecule has 173 valence electrons. The summed E-state index contributed by atoms with van der Waals surface area (Å²) < 4.78 is 6.44. The number of amides is 1. The Hall–Kier alpha value is -3.63. The highest BCUT2D eigenvalue weighted by Crippen LogP contribution is 2.42. The van der Waals surface area contributed by atoms with Crippen molar-refractivity contribution in [3.05, 3.63) is 101 Å². The van der Waals surface area contributed by atoms with E-state index < -0.39 is 0 Å². The number of carbonyl (C=O) groups excluding carboxylic acids is 1. The van der Waals surface area contributed by atoms with Crippen LogP contribution in [0.15, 0.2) is 84.9 Å². The van der Waals surface area contributed by atoms with Crippen LogP contribution in [0.4, 0.5) is 0 Å². The molecule has 4 heteroatoms. The molecular formula is C31H26NO2S. The number of thiophene rings is 1. The zero-order valence-corrected chi connectivity index (χ0v) is 20.5. The van der Waals surface area contributed by atoms with Crippen molar-refractivity contribution >= 4 is 38.1 Å². The number of benzene rings is 4. The number of piperidine rings is 1. The van der Waals surface area contributed by atoms with Gasteiger partial charge in [0.25, 0.3) is 5.91 Å². The second-order valence-corrected chi connectivity index (χ2v) is 10.1. The molecule has 0 atom stereocenters. The van der Waals surface area contributed by atoms with Crippen LogP contribution in [0.3, 0.4) is 0 Å². The van der Waals surface area contributed by atoms with Crippen molar-refractivity contribution in [3.8, 4) is 16.9 Å². The van der Waals surface area contributed by atoms with Crippen molar-refractivity contribution in [2.45, 2.75) is 18.8 Å². The average molecular weight is 477 g/mol. The summed E-state index contributed by atoms with van der Waals surface area (Å²) >= 11 is 1.61. The van der Waals surface area contributed by atoms with Crippen molar-refractivity contribution < 1.29 is 9.53 Å². The molecule has 6 rings (SSSR count). The normalized spacial score (nSPS) is 14.5. The number of ether oxygens (including phenoxy) is 1. The second kappa shape index (κ2) is 9.20. The molecule has 3 nitrogen and oxygen atoms in total. The van der Waals surface area contributed by atoms with Gasteiger partial charge in [-0.1, -0.05) is 66.7 Å². The van der Waals surface area contributed by atoms with Crippen LogP contribution in [0.1, 0.15) is 34.0 Å². The molecule has 0 N–H and O–H groups in total. The molecule has 1 aliphatic rings. The lowest BCUT2D eigenvalue weighted by molar-refractivity contribution is 0.0718. The molecule has 0 saturated carbocycles. The minimum Gasteiger partial charge on any atom is -0.497 e. The molecule has 0 bridgehead atoms. The number of fused-ring (bicyclic) bond motifs is 2. The first kappa shape index (κ1) is 21.9. The fraction of sp³-hybridized carbons (Fsp3) is 0.194. The summed E-state index contributed by atoms with van der Waals surface area (Å²) in [6.45, 7) is 1.53. The van der Waals surface area contributed by atoms with Crippen LogP contribution in [-0.2, 0) is 0 Å². The third-order valence-corrected chi connectivity index (χ3v) is 8.29. The van der Waals surface area contributed by atoms with Crippen LogP contribution >= 0.6 is 11.3 Å². The van der Waals surface area contributed by atoms with Gasteiger partial charge in [-0.3, -0.25) is 4.79 Å². The Morgan fingerprint density at radius 1 is 0.914 bits per heavy atom. The number of hydrogen-bond acceptors (Lipinski definition) is 3. The molecule has 1 aliphatic heterocycles. The number of likely N-dealkylation sites (tertiary alicyclic amines) is 1. The quantitative estimate of drug-likeness (QED) is 0.268. The van der Waals surface area contributed by atoms with Crippen molar-refractivity contribution in [1.82, 2.24) is 4.90 Å². The van der Waals surface area contributed by atoms with Gasteiger partial charge in [0.2, 0.25) is 0 Å². The highest BCUT2D eigenvalue weighted by molar-refractivity contribution is 7.21. The summed E-state index contributed by atoms with van der Waals surface area (Å²) in [5, 5.41) is 3.42. The lowest BCUT2D eigenvalue weighted by Crippen LogP contribution is -2.37. The van der Waals surface area contributed by atoms with Crippen LogP contribution in [0.5, 0.6) is 5.75 Å². The van der Waals surface area contributed by atoms with Crippen LogP contribution in [0.2, 0.25) is 0 Å². The van der Waals surface area contributed by atoms with E-state index in [9.17, 15) is 4.79 Å². The summed E-state index contributed by atoms with van der Waals surface area (Å²) in [4.78, 5) is 16.8. The maximum atomic E-state index is 13.9. The predicted octanol–water partition coefficient (Wildman–Crippen LogP) is 7.55. The van der Waals surface area contributed by atoms with Gasteiger partial charge in [0.1, 0.15) is 10.6 Å². The van der Waals surface area contributed by atoms with Crippen molar-refractivity contribution in [2.75, 3.05) is 20.2 Å². The Morgan fingerprint density at radius 3 is 2.40 bits per heavy atom. The zero-order valence-electron chi connectivity index (χ0n) is 19.7. The Bertz CT molecular complexity index is 1510. The summed E-state index contributed by atoms with van der Waals surface area (Å²) in [5.74, 6) is 1.48. The molecule has 35 heavy (non-hydrogen) atoms. The summed E-state index contributed by atoms with van der Waals surface area (Å²) in [6, 6.07) is 32.6. The molecule has 1 radical (unpaired) electrons. The molecule has 0 aliphatic carbocycles. The molecule has 0 spiro atoms. The average Bonchev–Trinajstić information content (AvgIpc) is 3.32. The van der Waals surface area contributed by atoms with Gasteiger partial charge >= 0.3 is 0 Å². The van der Waals surface area contributed by atoms with E-state index in [1.54, 1.807) is 18.4 Å². The summed E-state index contributed by atoms with van der Waals surface area (Å²) in [6.07, 6.45) is 1.94. The van der Waals surface area contributed by atoms with Crippen LogP contribution < -0.4 is 4.74 Å². The smallest absolute Gasteiger partial charge is 0.264 e. The van der Waals surface area contributed by atoms with Gasteiger partial charge < -0.3 is 9.64 Å². The lowest BCUT2D eigenvalue weighted by Gasteiger charge is -2.32. The van der Waals surface area contributed by atoms with Gasteiger partial charge in [-0.2, -0.15) is 0 Å². The molecule has 1 fully saturated rings. The third kappa shape index (κ3) is 3.98. The Kier molecular flexibility index (Phi) is 5.75. The SMILES string of the molecule is COc1ccc(C2CCN(C(=O)c3sc4ccccc4c3-c3[c]ccc4ccccc34)CC2)cc1. The third-order valence-electron chi connectivity index (χ3n) is 7.13. The number of rotatable bonds is 4. The number of carbonyl (C=O) groups is 1. The van der Waals surface area contributed by atoms with E-state index in [2.05, 4.69) is 66.7 Å². The fourth-order valence-corrected chi connectivity index (χ4v) is 6.43. The predicted molar refractivity (Wildman–Crippen MR) is 144 cm³/mol. The molecule has 1 amide bonds. The Morgan fingerprint density at radius 2 is 1.63 bits per heavy atom. The standard InChI is InChI=1S/C31H26NO2S/c1-34-24-15-13-21(14-16-24)22-17-19-32(20-18-22)31(33)30-29(27-10-4-5-12-28(27)35-30)26-11-6-8-23-7-2-3-9-25(23)26/h2-10,12-16,22H,17-20H2,1H3. The number of nitrogens with zero attached hydrogens (tertiary/aromatic N) is 1. The van der Waals surface area contributed by atoms with Crippen molar-refractivity contribution in [3.63, 3.8) is 0 Å². The maximum Gasteiger partial charge on any atom is 0.264 e. The molecule has 4 aromatic carbocycles. The fourth-order valence-electron chi connectivity index (χ4n) is 5.25. The highest BCUT2D eigenvalue weighted by atomic mass is 32.1. The van der Waals surface area contributed by atoms with E-state index in [1.165, 1.54) is 5.56 Å². The summed E-state index contributed by atoms with van der Waals surface area (Å²) in [7, 11) is 1.69. The van der Waals surface area contributed by atoms with Crippen molar-refractivity contribution in [1.29, 1.82) is 0 Å². The van der Waals surface area contributed by atoms with E-state index in [0.717, 1.165) is 68.5 Å². The largest absolute Gasteiger partial charge is 0.497 e. The Labute approximate surface area is 209 Å². The highest BCUT2D eigenvalue weighted by Gasteiger charge is 2.29. The van der Waals surface area contributed by atoms with E-state index in [4.69, 9.17) is 4.74 Å². The molecule has 0 unspecified atom stereocenters. The monoisotopic (exact) mass is 476 g/mol. The Balaban J connectivity index is 1.34. The zero-order chi connectivity index (χ0) is 23.8. The van der Waals surface area contributed by atoms with E-state index >= 15 is 0 Å². The van der Waals surface area contributed by atoms with Crippen molar-refractivity contribution in [2.24, 2.45) is 0 Å². The second-order valence-electron chi connectivity index (χ2n) is 9.08. The maximum absolute atomic E-state index is 13.9. The molecule has 1 saturated heterocycles. The number of methoxy groups -OCH3 is 1. The van der Waals surface area contributed by atoms with Crippen LogP contribution in [0.25, 0.3) is 32.0 Å². The summed E-state index contributed by atoms with van der Waals surface area (Å²) in [5.41, 5.74) is 3.35. The van der Waals surface area contributed by atoms with E-state index in [1.807, 2.05) is 29.2 Å². The molecular weight excluding hydrogens is 450 g/mol. The first-order valence-electron chi connectivity index (χ1n) is 12.1. The van der Waals surface area contributed by atoms with Gasteiger partial charge in [-0.15, -0.1) is 11.3 Å². The number of hydrogen-bond donors (Lipinski definition) is 0. The van der Waals surface area contributed by atoms with Gasteiger partial charge in [-0.05, 0) is 64.9 Å². The lowest BCUT2D eigenvalue weighted by atomic mass is 9.89. The van der Waals surface area contributed by atoms with Gasteiger partial charge in [0.15, 0.2) is 0 Å². The van der Waals surface area contributed by atoms with Gasteiger partial charge in [0, 0.05) is 28.7 Å². The van der Waals surface area contributed by atoms with E-state index in [-0.39, 0.29) is 5.91 Å². The van der Waals surface area contributed by atoms with Crippen LogP contribution in [-0.4, -0.2) is 31.0 Å². The minimum atomic E-state index is 0.135. The minimum absolute atomic E-state index is 0.135. The molecule has 1 aromatic heterocycles. The first-order chi connectivity index (χ1) is 17.2. The van der Waals surface area contributed by atoms with Crippen LogP contribution in [0, 0.1) is 6.07 Å². The molecule has 5 aromatic rings. The van der Waals surface area contributed by atoms with Gasteiger partial charge in [0.05, 0.1) is 7.11 Å².